The van der Waals surface area contributed by atoms with E-state index in [0.717, 1.165) is 0 Å². The zero-order valence-corrected chi connectivity index (χ0v) is 35.4. The average molecular weight is 813 g/mol. The lowest BCUT2D eigenvalue weighted by atomic mass is 9.61. The Morgan fingerprint density at radius 2 is 0.656 bits per heavy atom. The summed E-state index contributed by atoms with van der Waals surface area (Å²) in [7, 11) is 0. The van der Waals surface area contributed by atoms with E-state index in [1.807, 2.05) is 0 Å². The Hall–Kier alpha value is -8.06. The summed E-state index contributed by atoms with van der Waals surface area (Å²) in [4.78, 5) is 0. The molecular weight excluding hydrogens is 769 g/mol. The molecule has 0 bridgehead atoms. The first-order valence-corrected chi connectivity index (χ1v) is 22.4. The molecule has 4 aliphatic carbocycles. The highest BCUT2D eigenvalue weighted by atomic mass is 14.4. The number of rotatable bonds is 8. The van der Waals surface area contributed by atoms with Crippen molar-refractivity contribution in [2.75, 3.05) is 0 Å². The Bertz CT molecular complexity index is 3260. The second-order valence-electron chi connectivity index (χ2n) is 17.1. The van der Waals surface area contributed by atoms with Crippen LogP contribution in [-0.4, -0.2) is 0 Å². The van der Waals surface area contributed by atoms with Crippen LogP contribution in [0.4, 0.5) is 0 Å². The molecule has 12 rings (SSSR count). The molecule has 300 valence electrons. The van der Waals surface area contributed by atoms with Gasteiger partial charge in [-0.15, -0.1) is 0 Å². The molecule has 0 saturated carbocycles. The van der Waals surface area contributed by atoms with Crippen LogP contribution in [0.3, 0.4) is 0 Å². The lowest BCUT2D eigenvalue weighted by molar-refractivity contribution is 0.813. The lowest BCUT2D eigenvalue weighted by Crippen LogP contribution is -2.27. The summed E-state index contributed by atoms with van der Waals surface area (Å²) in [5.74, 6) is 0.141. The molecule has 0 fully saturated rings. The van der Waals surface area contributed by atoms with Gasteiger partial charge in [0.05, 0.1) is 0 Å². The van der Waals surface area contributed by atoms with Gasteiger partial charge in [0.15, 0.2) is 0 Å². The molecule has 0 aliphatic heterocycles. The molecule has 64 heavy (non-hydrogen) atoms. The molecule has 0 N–H and O–H groups in total. The number of hydrogen-bond acceptors (Lipinski definition) is 0. The predicted molar refractivity (Wildman–Crippen MR) is 269 cm³/mol. The largest absolute Gasteiger partial charge is 0.0641 e. The van der Waals surface area contributed by atoms with Crippen LogP contribution < -0.4 is 0 Å². The summed E-state index contributed by atoms with van der Waals surface area (Å²) >= 11 is 0. The van der Waals surface area contributed by atoms with E-state index in [-0.39, 0.29) is 11.8 Å². The summed E-state index contributed by atoms with van der Waals surface area (Å²) in [5, 5.41) is 0. The van der Waals surface area contributed by atoms with Crippen LogP contribution >= 0.6 is 0 Å². The molecule has 0 radical (unpaired) electrons. The predicted octanol–water partition coefficient (Wildman–Crippen LogP) is 16.4. The fraction of sp³-hybridized carbons (Fsp3) is 0.0312. The van der Waals surface area contributed by atoms with E-state index in [2.05, 4.69) is 255 Å². The minimum Gasteiger partial charge on any atom is -0.0641 e. The van der Waals surface area contributed by atoms with Crippen molar-refractivity contribution >= 4 is 16.7 Å². The fourth-order valence-electron chi connectivity index (χ4n) is 10.3. The number of benzene rings is 8. The van der Waals surface area contributed by atoms with Crippen molar-refractivity contribution in [3.8, 4) is 44.5 Å². The SMILES string of the molecule is C1=CC2=C(c3ccc(-c4ccccc4)cc3)C=C(c3ccc(-c4ccccc4)cc3)C3=CC=C4C(=C1C(c1ccc(-c5ccccc5)cc1)=CC4c1ccc(-c4ccccc4)cc1)C32. The number of hydrogen-bond donors (Lipinski definition) is 0. The van der Waals surface area contributed by atoms with Gasteiger partial charge in [0.1, 0.15) is 0 Å². The first kappa shape index (κ1) is 37.7. The van der Waals surface area contributed by atoms with Gasteiger partial charge in [-0.3, -0.25) is 0 Å². The minimum atomic E-state index is 0.0657. The van der Waals surface area contributed by atoms with Gasteiger partial charge in [-0.05, 0) is 117 Å². The van der Waals surface area contributed by atoms with E-state index in [9.17, 15) is 0 Å². The van der Waals surface area contributed by atoms with Crippen molar-refractivity contribution in [1.82, 2.24) is 0 Å². The highest BCUT2D eigenvalue weighted by Crippen LogP contribution is 2.58. The van der Waals surface area contributed by atoms with Crippen molar-refractivity contribution in [2.24, 2.45) is 5.92 Å². The van der Waals surface area contributed by atoms with Gasteiger partial charge in [0.25, 0.3) is 0 Å². The summed E-state index contributed by atoms with van der Waals surface area (Å²) in [6.07, 6.45) is 14.7. The van der Waals surface area contributed by atoms with E-state index in [1.165, 1.54) is 111 Å². The summed E-state index contributed by atoms with van der Waals surface area (Å²) < 4.78 is 0. The second-order valence-corrected chi connectivity index (χ2v) is 17.1. The van der Waals surface area contributed by atoms with Crippen LogP contribution in [0.15, 0.2) is 283 Å². The summed E-state index contributed by atoms with van der Waals surface area (Å²) in [6, 6.07) is 79.7. The minimum absolute atomic E-state index is 0.0657. The molecule has 4 aliphatic rings. The monoisotopic (exact) mass is 812 g/mol. The van der Waals surface area contributed by atoms with Crippen molar-refractivity contribution in [3.05, 3.63) is 305 Å². The Morgan fingerprint density at radius 3 is 1.12 bits per heavy atom. The maximum atomic E-state index is 2.53. The zero-order chi connectivity index (χ0) is 42.4. The molecule has 0 heteroatoms. The van der Waals surface area contributed by atoms with E-state index in [4.69, 9.17) is 0 Å². The molecule has 0 heterocycles. The topological polar surface area (TPSA) is 0 Å². The van der Waals surface area contributed by atoms with Gasteiger partial charge >= 0.3 is 0 Å². The Kier molecular flexibility index (Phi) is 9.42. The third-order valence-electron chi connectivity index (χ3n) is 13.5. The lowest BCUT2D eigenvalue weighted by Gasteiger charge is -2.42. The van der Waals surface area contributed by atoms with Crippen LogP contribution in [-0.2, 0) is 0 Å². The molecule has 0 nitrogen and oxygen atoms in total. The van der Waals surface area contributed by atoms with Crippen molar-refractivity contribution in [3.63, 3.8) is 0 Å². The van der Waals surface area contributed by atoms with Crippen LogP contribution in [0, 0.1) is 5.92 Å². The molecule has 8 aromatic carbocycles. The van der Waals surface area contributed by atoms with Crippen molar-refractivity contribution in [2.45, 2.75) is 5.92 Å². The molecule has 2 atom stereocenters. The van der Waals surface area contributed by atoms with Gasteiger partial charge in [0.2, 0.25) is 0 Å². The van der Waals surface area contributed by atoms with Crippen molar-refractivity contribution < 1.29 is 0 Å². The molecule has 8 aromatic rings. The van der Waals surface area contributed by atoms with E-state index in [0.29, 0.717) is 0 Å². The van der Waals surface area contributed by atoms with Crippen LogP contribution in [0.2, 0.25) is 0 Å². The Morgan fingerprint density at radius 1 is 0.281 bits per heavy atom. The highest BCUT2D eigenvalue weighted by molar-refractivity contribution is 6.01. The normalized spacial score (nSPS) is 17.2. The Balaban J connectivity index is 1.03. The molecular formula is C64H44. The van der Waals surface area contributed by atoms with Gasteiger partial charge in [-0.2, -0.15) is 0 Å². The highest BCUT2D eigenvalue weighted by Gasteiger charge is 2.41. The summed E-state index contributed by atoms with van der Waals surface area (Å²) in [5.41, 5.74) is 25.5. The molecule has 0 saturated heterocycles. The van der Waals surface area contributed by atoms with E-state index in [1.54, 1.807) is 0 Å². The maximum absolute atomic E-state index is 2.53. The molecule has 0 amide bonds. The van der Waals surface area contributed by atoms with Gasteiger partial charge in [0, 0.05) is 11.8 Å². The van der Waals surface area contributed by atoms with Gasteiger partial charge in [-0.1, -0.05) is 249 Å². The maximum Gasteiger partial charge on any atom is 0.0361 e. The van der Waals surface area contributed by atoms with Crippen LogP contribution in [0.25, 0.3) is 61.2 Å². The second kappa shape index (κ2) is 16.0. The third kappa shape index (κ3) is 6.72. The van der Waals surface area contributed by atoms with Crippen LogP contribution in [0.5, 0.6) is 0 Å². The number of allylic oxidation sites excluding steroid dienone is 14. The third-order valence-corrected chi connectivity index (χ3v) is 13.5. The quantitative estimate of drug-likeness (QED) is 0.143. The van der Waals surface area contributed by atoms with Gasteiger partial charge < -0.3 is 0 Å². The van der Waals surface area contributed by atoms with Crippen LogP contribution in [0.1, 0.15) is 28.2 Å². The molecule has 0 spiro atoms. The molecule has 0 aromatic heterocycles. The molecule has 2 unspecified atom stereocenters. The average Bonchev–Trinajstić information content (AvgIpc) is 3.39. The first-order valence-electron chi connectivity index (χ1n) is 22.4. The summed E-state index contributed by atoms with van der Waals surface area (Å²) in [6.45, 7) is 0. The van der Waals surface area contributed by atoms with Crippen molar-refractivity contribution in [1.29, 1.82) is 0 Å². The smallest absolute Gasteiger partial charge is 0.0361 e. The zero-order valence-electron chi connectivity index (χ0n) is 35.4. The Labute approximate surface area is 376 Å². The van der Waals surface area contributed by atoms with E-state index >= 15 is 0 Å². The fourth-order valence-corrected chi connectivity index (χ4v) is 10.3. The standard InChI is InChI=1S/C64H44/c1-5-13-43(14-6-1)47-21-29-51(30-22-47)59-41-60(52-31-23-48(24-32-52)44-15-7-2-8-16-44)56-39-40-58-62(54-35-27-50(28-36-54)46-19-11-4-12-20-46)42-61(57-38-37-55(59)63(56)64(57)58)53-33-25-49(26-34-53)45-17-9-3-10-18-45/h1-42,59,64H. The van der Waals surface area contributed by atoms with Gasteiger partial charge in [-0.25, -0.2) is 0 Å². The van der Waals surface area contributed by atoms with E-state index < -0.39 is 0 Å². The first-order chi connectivity index (χ1) is 31.7.